The molecule has 1 atom stereocenters. The number of rotatable bonds is 12. The van der Waals surface area contributed by atoms with E-state index in [4.69, 9.17) is 4.74 Å². The third kappa shape index (κ3) is 7.83. The Balaban J connectivity index is 1.91. The fraction of sp³-hybridized carbons (Fsp3) is 1.00. The molecule has 2 heteroatoms. The van der Waals surface area contributed by atoms with Crippen molar-refractivity contribution in [2.75, 3.05) is 6.61 Å². The van der Waals surface area contributed by atoms with Crippen LogP contribution in [-0.4, -0.2) is 21.4 Å². The minimum Gasteiger partial charge on any atom is -0.379 e. The fourth-order valence-electron chi connectivity index (χ4n) is 3.50. The van der Waals surface area contributed by atoms with Gasteiger partial charge in [0.05, 0.1) is 14.7 Å². The molecule has 0 amide bonds. The van der Waals surface area contributed by atoms with Crippen LogP contribution in [0.1, 0.15) is 96.8 Å². The molecule has 1 heterocycles. The Morgan fingerprint density at radius 2 is 1.45 bits per heavy atom. The molecule has 0 aromatic rings. The molecule has 1 aliphatic rings. The molecule has 0 aliphatic carbocycles. The van der Waals surface area contributed by atoms with E-state index in [-0.39, 0.29) is 9.52 Å². The molecule has 1 saturated heterocycles. The maximum absolute atomic E-state index is 6.16. The van der Waals surface area contributed by atoms with E-state index in [1.54, 1.807) is 0 Å². The lowest BCUT2D eigenvalue weighted by Gasteiger charge is -2.36. The van der Waals surface area contributed by atoms with E-state index in [1.807, 2.05) is 0 Å². The van der Waals surface area contributed by atoms with E-state index in [2.05, 4.69) is 13.5 Å². The van der Waals surface area contributed by atoms with Crippen molar-refractivity contribution >= 4 is 9.52 Å². The highest BCUT2D eigenvalue weighted by Crippen LogP contribution is 2.29. The van der Waals surface area contributed by atoms with Crippen LogP contribution < -0.4 is 0 Å². The van der Waals surface area contributed by atoms with Crippen LogP contribution in [0.4, 0.5) is 0 Å². The van der Waals surface area contributed by atoms with Gasteiger partial charge in [-0.3, -0.25) is 0 Å². The van der Waals surface area contributed by atoms with Gasteiger partial charge < -0.3 is 4.74 Å². The summed E-state index contributed by atoms with van der Waals surface area (Å²) in [6, 6.07) is 0. The van der Waals surface area contributed by atoms with Gasteiger partial charge in [-0.25, -0.2) is 0 Å². The lowest BCUT2D eigenvalue weighted by molar-refractivity contribution is -0.0264. The van der Waals surface area contributed by atoms with Gasteiger partial charge in [0.25, 0.3) is 0 Å². The van der Waals surface area contributed by atoms with Gasteiger partial charge >= 0.3 is 0 Å². The monoisotopic (exact) mass is 298 g/mol. The van der Waals surface area contributed by atoms with E-state index in [0.29, 0.717) is 5.22 Å². The highest BCUT2D eigenvalue weighted by atomic mass is 28.2. The zero-order valence-electron chi connectivity index (χ0n) is 14.2. The molecule has 1 aliphatic heterocycles. The zero-order valence-corrected chi connectivity index (χ0v) is 15.6. The largest absolute Gasteiger partial charge is 0.379 e. The Morgan fingerprint density at radius 1 is 0.850 bits per heavy atom. The van der Waals surface area contributed by atoms with Crippen molar-refractivity contribution in [3.05, 3.63) is 0 Å². The molecule has 0 N–H and O–H groups in total. The summed E-state index contributed by atoms with van der Waals surface area (Å²) in [5.41, 5.74) is 0. The topological polar surface area (TPSA) is 9.23 Å². The summed E-state index contributed by atoms with van der Waals surface area (Å²) in [7, 11) is -0.0168. The Labute approximate surface area is 130 Å². The van der Waals surface area contributed by atoms with Crippen LogP contribution in [0.2, 0.25) is 6.55 Å². The third-order valence-corrected chi connectivity index (χ3v) is 7.27. The maximum atomic E-state index is 6.16. The molecular weight excluding hydrogens is 260 g/mol. The molecule has 0 radical (unpaired) electrons. The smallest absolute Gasteiger partial charge is 0.0564 e. The van der Waals surface area contributed by atoms with Gasteiger partial charge in [-0.1, -0.05) is 77.7 Å². The summed E-state index contributed by atoms with van der Waals surface area (Å²) in [5.74, 6) is 0. The molecule has 0 bridgehead atoms. The van der Waals surface area contributed by atoms with Gasteiger partial charge in [-0.15, -0.1) is 0 Å². The minimum absolute atomic E-state index is 0.0168. The number of hydrogen-bond acceptors (Lipinski definition) is 1. The third-order valence-electron chi connectivity index (χ3n) is 5.07. The average molecular weight is 299 g/mol. The predicted molar refractivity (Wildman–Crippen MR) is 93.4 cm³/mol. The Kier molecular flexibility index (Phi) is 10.7. The molecule has 1 rings (SSSR count). The van der Waals surface area contributed by atoms with Crippen molar-refractivity contribution in [1.29, 1.82) is 0 Å². The van der Waals surface area contributed by atoms with Gasteiger partial charge in [0, 0.05) is 6.61 Å². The van der Waals surface area contributed by atoms with E-state index < -0.39 is 0 Å². The van der Waals surface area contributed by atoms with E-state index in [9.17, 15) is 0 Å². The standard InChI is InChI=1S/C18H38OSi/c1-3-4-5-6-7-8-9-10-11-12-15-18(20-2)16-13-14-17-19-18/h3-17,20H2,1-2H3. The second-order valence-electron chi connectivity index (χ2n) is 6.77. The minimum atomic E-state index is -0.0168. The van der Waals surface area contributed by atoms with E-state index in [0.717, 1.165) is 6.61 Å². The normalized spacial score (nSPS) is 23.7. The van der Waals surface area contributed by atoms with Crippen LogP contribution in [0, 0.1) is 0 Å². The second kappa shape index (κ2) is 11.8. The molecule has 0 spiro atoms. The SMILES string of the molecule is CCCCCCCCCCCCC1([SiH2]C)CCCCO1. The van der Waals surface area contributed by atoms with Gasteiger partial charge in [0.15, 0.2) is 0 Å². The molecule has 120 valence electrons. The average Bonchev–Trinajstić information content (AvgIpc) is 2.50. The van der Waals surface area contributed by atoms with Crippen molar-refractivity contribution in [3.63, 3.8) is 0 Å². The highest BCUT2D eigenvalue weighted by molar-refractivity contribution is 6.37. The van der Waals surface area contributed by atoms with Crippen molar-refractivity contribution in [2.24, 2.45) is 0 Å². The molecule has 1 fully saturated rings. The molecule has 20 heavy (non-hydrogen) atoms. The molecular formula is C18H38OSi. The molecule has 1 unspecified atom stereocenters. The first-order valence-corrected chi connectivity index (χ1v) is 11.6. The summed E-state index contributed by atoms with van der Waals surface area (Å²) in [6.45, 7) is 5.78. The summed E-state index contributed by atoms with van der Waals surface area (Å²) < 4.78 is 6.16. The Morgan fingerprint density at radius 3 is 1.95 bits per heavy atom. The lowest BCUT2D eigenvalue weighted by atomic mass is 10.0. The summed E-state index contributed by atoms with van der Waals surface area (Å²) in [6.07, 6.45) is 19.9. The first kappa shape index (κ1) is 18.2. The summed E-state index contributed by atoms with van der Waals surface area (Å²) in [4.78, 5) is 0. The van der Waals surface area contributed by atoms with Gasteiger partial charge in [0.1, 0.15) is 0 Å². The first-order valence-electron chi connectivity index (χ1n) is 9.47. The van der Waals surface area contributed by atoms with Crippen molar-refractivity contribution in [2.45, 2.75) is 109 Å². The quantitative estimate of drug-likeness (QED) is 0.346. The predicted octanol–water partition coefficient (Wildman–Crippen LogP) is 5.41. The highest BCUT2D eigenvalue weighted by Gasteiger charge is 2.30. The Hall–Kier alpha value is 0.177. The van der Waals surface area contributed by atoms with Crippen LogP contribution in [0.3, 0.4) is 0 Å². The van der Waals surface area contributed by atoms with Crippen LogP contribution in [0.25, 0.3) is 0 Å². The number of hydrogen-bond donors (Lipinski definition) is 0. The summed E-state index contributed by atoms with van der Waals surface area (Å²) in [5, 5.41) is 0.401. The van der Waals surface area contributed by atoms with E-state index in [1.165, 1.54) is 89.9 Å². The lowest BCUT2D eigenvalue weighted by Crippen LogP contribution is -2.41. The molecule has 0 aromatic heterocycles. The van der Waals surface area contributed by atoms with Crippen molar-refractivity contribution in [1.82, 2.24) is 0 Å². The van der Waals surface area contributed by atoms with Gasteiger partial charge in [-0.05, 0) is 25.7 Å². The van der Waals surface area contributed by atoms with Crippen LogP contribution in [0.15, 0.2) is 0 Å². The molecule has 1 nitrogen and oxygen atoms in total. The van der Waals surface area contributed by atoms with Crippen molar-refractivity contribution in [3.8, 4) is 0 Å². The maximum Gasteiger partial charge on any atom is 0.0564 e. The molecule has 0 saturated carbocycles. The fourth-order valence-corrected chi connectivity index (χ4v) is 5.05. The zero-order chi connectivity index (χ0) is 14.5. The van der Waals surface area contributed by atoms with Crippen LogP contribution >= 0.6 is 0 Å². The number of unbranched alkanes of at least 4 members (excludes halogenated alkanes) is 9. The van der Waals surface area contributed by atoms with Crippen LogP contribution in [-0.2, 0) is 4.74 Å². The van der Waals surface area contributed by atoms with Gasteiger partial charge in [-0.2, -0.15) is 0 Å². The summed E-state index contributed by atoms with van der Waals surface area (Å²) >= 11 is 0. The van der Waals surface area contributed by atoms with E-state index >= 15 is 0 Å². The molecule has 0 aromatic carbocycles. The van der Waals surface area contributed by atoms with Gasteiger partial charge in [0.2, 0.25) is 0 Å². The van der Waals surface area contributed by atoms with Crippen molar-refractivity contribution < 1.29 is 4.74 Å². The van der Waals surface area contributed by atoms with Crippen LogP contribution in [0.5, 0.6) is 0 Å². The second-order valence-corrected chi connectivity index (χ2v) is 8.77. The Bertz CT molecular complexity index is 211. The number of ether oxygens (including phenoxy) is 1. The first-order chi connectivity index (χ1) is 9.83.